The molecule has 104 valence electrons. The van der Waals surface area contributed by atoms with Gasteiger partial charge in [0.2, 0.25) is 0 Å². The van der Waals surface area contributed by atoms with Crippen LogP contribution < -0.4 is 5.84 Å². The zero-order valence-electron chi connectivity index (χ0n) is 12.4. The van der Waals surface area contributed by atoms with E-state index in [-0.39, 0.29) is 0 Å². The van der Waals surface area contributed by atoms with Crippen molar-refractivity contribution in [2.24, 2.45) is 11.8 Å². The first kappa shape index (κ1) is 16.9. The van der Waals surface area contributed by atoms with E-state index in [9.17, 15) is 0 Å². The predicted octanol–water partition coefficient (Wildman–Crippen LogP) is 4.35. The summed E-state index contributed by atoms with van der Waals surface area (Å²) in [6.45, 7) is 8.80. The fourth-order valence-electron chi connectivity index (χ4n) is 2.19. The van der Waals surface area contributed by atoms with E-state index >= 15 is 0 Å². The van der Waals surface area contributed by atoms with E-state index in [4.69, 9.17) is 5.84 Å². The molecule has 0 fully saturated rings. The standard InChI is InChI=1S/C15H34N2/c1-4-5-6-7-8-9-10-11-12-13-17(16)14-15(2)3/h15H,4-14,16H2,1-3H3. The van der Waals surface area contributed by atoms with E-state index < -0.39 is 0 Å². The average molecular weight is 242 g/mol. The van der Waals surface area contributed by atoms with Gasteiger partial charge in [0.15, 0.2) is 0 Å². The van der Waals surface area contributed by atoms with Crippen molar-refractivity contribution in [1.82, 2.24) is 5.01 Å². The molecule has 0 radical (unpaired) electrons. The topological polar surface area (TPSA) is 29.3 Å². The first-order valence-electron chi connectivity index (χ1n) is 7.66. The molecule has 0 aromatic rings. The molecule has 0 spiro atoms. The number of unbranched alkanes of at least 4 members (excludes halogenated alkanes) is 8. The largest absolute Gasteiger partial charge is 0.269 e. The third-order valence-electron chi connectivity index (χ3n) is 3.15. The van der Waals surface area contributed by atoms with Crippen LogP contribution in [0, 0.1) is 5.92 Å². The molecule has 0 amide bonds. The number of rotatable bonds is 12. The fourth-order valence-corrected chi connectivity index (χ4v) is 2.19. The molecule has 0 saturated heterocycles. The second-order valence-corrected chi connectivity index (χ2v) is 5.72. The van der Waals surface area contributed by atoms with E-state index in [2.05, 4.69) is 20.8 Å². The normalized spacial score (nSPS) is 11.6. The van der Waals surface area contributed by atoms with Crippen LogP contribution in [0.15, 0.2) is 0 Å². The number of hydrogen-bond donors (Lipinski definition) is 1. The van der Waals surface area contributed by atoms with Gasteiger partial charge in [0.05, 0.1) is 0 Å². The van der Waals surface area contributed by atoms with Gasteiger partial charge in [-0.1, -0.05) is 72.1 Å². The molecule has 0 aliphatic rings. The Labute approximate surface area is 109 Å². The Morgan fingerprint density at radius 1 is 0.824 bits per heavy atom. The zero-order chi connectivity index (χ0) is 12.9. The second kappa shape index (κ2) is 12.4. The maximum absolute atomic E-state index is 5.90. The average Bonchev–Trinajstić information content (AvgIpc) is 2.26. The molecule has 0 saturated carbocycles. The lowest BCUT2D eigenvalue weighted by atomic mass is 10.1. The first-order chi connectivity index (χ1) is 8.16. The zero-order valence-corrected chi connectivity index (χ0v) is 12.4. The summed E-state index contributed by atoms with van der Waals surface area (Å²) in [5, 5.41) is 1.98. The third kappa shape index (κ3) is 13.9. The highest BCUT2D eigenvalue weighted by Gasteiger charge is 2.01. The minimum Gasteiger partial charge on any atom is -0.269 e. The van der Waals surface area contributed by atoms with Gasteiger partial charge in [0, 0.05) is 13.1 Å². The van der Waals surface area contributed by atoms with Gasteiger partial charge in [-0.3, -0.25) is 5.84 Å². The van der Waals surface area contributed by atoms with Gasteiger partial charge in [0.1, 0.15) is 0 Å². The highest BCUT2D eigenvalue weighted by molar-refractivity contribution is 4.53. The minimum absolute atomic E-state index is 0.679. The third-order valence-corrected chi connectivity index (χ3v) is 3.15. The lowest BCUT2D eigenvalue weighted by molar-refractivity contribution is 0.245. The Bertz CT molecular complexity index is 146. The Balaban J connectivity index is 3.07. The van der Waals surface area contributed by atoms with Crippen LogP contribution in [0.5, 0.6) is 0 Å². The number of nitrogens with two attached hydrogens (primary N) is 1. The molecule has 2 nitrogen and oxygen atoms in total. The van der Waals surface area contributed by atoms with Crippen LogP contribution in [-0.2, 0) is 0 Å². The number of nitrogens with zero attached hydrogens (tertiary/aromatic N) is 1. The molecule has 0 aromatic heterocycles. The van der Waals surface area contributed by atoms with Gasteiger partial charge >= 0.3 is 0 Å². The molecular weight excluding hydrogens is 208 g/mol. The molecule has 0 rings (SSSR count). The van der Waals surface area contributed by atoms with Crippen molar-refractivity contribution in [1.29, 1.82) is 0 Å². The molecule has 2 N–H and O–H groups in total. The monoisotopic (exact) mass is 242 g/mol. The predicted molar refractivity (Wildman–Crippen MR) is 77.8 cm³/mol. The number of hydrazine groups is 1. The molecule has 0 aliphatic carbocycles. The molecule has 2 heteroatoms. The highest BCUT2D eigenvalue weighted by Crippen LogP contribution is 2.09. The molecule has 0 aliphatic heterocycles. The summed E-state index contributed by atoms with van der Waals surface area (Å²) in [7, 11) is 0. The van der Waals surface area contributed by atoms with Gasteiger partial charge < -0.3 is 0 Å². The van der Waals surface area contributed by atoms with Crippen molar-refractivity contribution in [2.75, 3.05) is 13.1 Å². The molecule has 0 bridgehead atoms. The van der Waals surface area contributed by atoms with Crippen LogP contribution in [0.3, 0.4) is 0 Å². The van der Waals surface area contributed by atoms with E-state index in [1.807, 2.05) is 5.01 Å². The number of hydrogen-bond acceptors (Lipinski definition) is 2. The van der Waals surface area contributed by atoms with Crippen molar-refractivity contribution in [2.45, 2.75) is 78.6 Å². The summed E-state index contributed by atoms with van der Waals surface area (Å²) in [4.78, 5) is 0. The Hall–Kier alpha value is -0.0800. The van der Waals surface area contributed by atoms with Crippen LogP contribution in [0.1, 0.15) is 78.6 Å². The Morgan fingerprint density at radius 3 is 1.76 bits per heavy atom. The molecular formula is C15H34N2. The molecule has 0 atom stereocenters. The van der Waals surface area contributed by atoms with Crippen molar-refractivity contribution < 1.29 is 0 Å². The van der Waals surface area contributed by atoms with E-state index in [0.29, 0.717) is 5.92 Å². The van der Waals surface area contributed by atoms with Crippen molar-refractivity contribution in [3.05, 3.63) is 0 Å². The van der Waals surface area contributed by atoms with Crippen LogP contribution in [0.4, 0.5) is 0 Å². The second-order valence-electron chi connectivity index (χ2n) is 5.72. The fraction of sp³-hybridized carbons (Fsp3) is 1.00. The maximum atomic E-state index is 5.90. The Morgan fingerprint density at radius 2 is 1.29 bits per heavy atom. The lowest BCUT2D eigenvalue weighted by Crippen LogP contribution is -2.35. The van der Waals surface area contributed by atoms with Crippen LogP contribution in [-0.4, -0.2) is 18.1 Å². The van der Waals surface area contributed by atoms with Crippen LogP contribution in [0.2, 0.25) is 0 Å². The van der Waals surface area contributed by atoms with Crippen LogP contribution >= 0.6 is 0 Å². The van der Waals surface area contributed by atoms with Crippen LogP contribution in [0.25, 0.3) is 0 Å². The van der Waals surface area contributed by atoms with Crippen molar-refractivity contribution in [3.8, 4) is 0 Å². The quantitative estimate of drug-likeness (QED) is 0.313. The summed E-state index contributed by atoms with van der Waals surface area (Å²) in [5.74, 6) is 6.58. The molecule has 17 heavy (non-hydrogen) atoms. The van der Waals surface area contributed by atoms with Crippen molar-refractivity contribution >= 4 is 0 Å². The van der Waals surface area contributed by atoms with Gasteiger partial charge in [-0.25, -0.2) is 5.01 Å². The summed E-state index contributed by atoms with van der Waals surface area (Å²) in [6.07, 6.45) is 12.5. The van der Waals surface area contributed by atoms with Crippen molar-refractivity contribution in [3.63, 3.8) is 0 Å². The minimum atomic E-state index is 0.679. The van der Waals surface area contributed by atoms with E-state index in [1.165, 1.54) is 57.8 Å². The highest BCUT2D eigenvalue weighted by atomic mass is 15.4. The molecule has 0 unspecified atom stereocenters. The van der Waals surface area contributed by atoms with E-state index in [0.717, 1.165) is 13.1 Å². The summed E-state index contributed by atoms with van der Waals surface area (Å²) >= 11 is 0. The van der Waals surface area contributed by atoms with Gasteiger partial charge in [0.25, 0.3) is 0 Å². The smallest absolute Gasteiger partial charge is 0.0151 e. The summed E-state index contributed by atoms with van der Waals surface area (Å²) < 4.78 is 0. The van der Waals surface area contributed by atoms with Gasteiger partial charge in [-0.2, -0.15) is 0 Å². The maximum Gasteiger partial charge on any atom is 0.0151 e. The SMILES string of the molecule is CCCCCCCCCCCN(N)CC(C)C. The first-order valence-corrected chi connectivity index (χ1v) is 7.66. The lowest BCUT2D eigenvalue weighted by Gasteiger charge is -2.18. The van der Waals surface area contributed by atoms with Gasteiger partial charge in [-0.05, 0) is 12.3 Å². The Kier molecular flexibility index (Phi) is 12.3. The summed E-state index contributed by atoms with van der Waals surface area (Å²) in [5.41, 5.74) is 0. The molecule has 0 aromatic carbocycles. The summed E-state index contributed by atoms with van der Waals surface area (Å²) in [6, 6.07) is 0. The molecule has 0 heterocycles. The van der Waals surface area contributed by atoms with E-state index in [1.54, 1.807) is 0 Å². The van der Waals surface area contributed by atoms with Gasteiger partial charge in [-0.15, -0.1) is 0 Å².